The summed E-state index contributed by atoms with van der Waals surface area (Å²) in [6.07, 6.45) is 3.84. The number of nitrogens with zero attached hydrogens (tertiary/aromatic N) is 2. The molecule has 1 fully saturated rings. The Morgan fingerprint density at radius 1 is 1.37 bits per heavy atom. The molecule has 0 bridgehead atoms. The van der Waals surface area contributed by atoms with Gasteiger partial charge in [-0.25, -0.2) is 4.98 Å². The van der Waals surface area contributed by atoms with E-state index >= 15 is 0 Å². The summed E-state index contributed by atoms with van der Waals surface area (Å²) in [5, 5.41) is 4.79. The molecule has 0 spiro atoms. The topological polar surface area (TPSA) is 28.2 Å². The van der Waals surface area contributed by atoms with Crippen molar-refractivity contribution in [3.63, 3.8) is 0 Å². The lowest BCUT2D eigenvalue weighted by atomic mass is 9.91. The van der Waals surface area contributed by atoms with Gasteiger partial charge in [0.25, 0.3) is 0 Å². The highest BCUT2D eigenvalue weighted by molar-refractivity contribution is 7.15. The van der Waals surface area contributed by atoms with Crippen molar-refractivity contribution < 1.29 is 0 Å². The van der Waals surface area contributed by atoms with E-state index in [9.17, 15) is 0 Å². The van der Waals surface area contributed by atoms with Crippen LogP contribution in [0.25, 0.3) is 0 Å². The van der Waals surface area contributed by atoms with Crippen LogP contribution in [0, 0.1) is 0 Å². The average molecular weight is 281 g/mol. The number of thiazole rings is 1. The molecule has 0 amide bonds. The minimum absolute atomic E-state index is 0.127. The lowest BCUT2D eigenvalue weighted by Crippen LogP contribution is -2.20. The summed E-state index contributed by atoms with van der Waals surface area (Å²) in [6.45, 7) is 11.0. The van der Waals surface area contributed by atoms with Crippen LogP contribution in [-0.4, -0.2) is 24.6 Å². The van der Waals surface area contributed by atoms with Crippen molar-refractivity contribution in [1.29, 1.82) is 0 Å². The molecule has 0 radical (unpaired) electrons. The van der Waals surface area contributed by atoms with Gasteiger partial charge in [-0.2, -0.15) is 0 Å². The maximum atomic E-state index is 4.90. The highest BCUT2D eigenvalue weighted by Gasteiger charge is 2.26. The van der Waals surface area contributed by atoms with Crippen LogP contribution in [0.2, 0.25) is 0 Å². The van der Waals surface area contributed by atoms with Gasteiger partial charge in [0.15, 0.2) is 5.13 Å². The number of aromatic nitrogens is 1. The van der Waals surface area contributed by atoms with E-state index in [0.717, 1.165) is 25.6 Å². The van der Waals surface area contributed by atoms with Gasteiger partial charge in [-0.1, -0.05) is 27.7 Å². The molecule has 3 nitrogen and oxygen atoms in total. The molecule has 1 aromatic heterocycles. The maximum Gasteiger partial charge on any atom is 0.185 e. The predicted molar refractivity (Wildman–Crippen MR) is 84.2 cm³/mol. The maximum absolute atomic E-state index is 4.90. The fourth-order valence-electron chi connectivity index (χ4n) is 2.16. The van der Waals surface area contributed by atoms with Crippen molar-refractivity contribution >= 4 is 16.5 Å². The van der Waals surface area contributed by atoms with Gasteiger partial charge in [0.2, 0.25) is 0 Å². The van der Waals surface area contributed by atoms with Crippen LogP contribution >= 0.6 is 11.3 Å². The molecular formula is C15H27N3S. The predicted octanol–water partition coefficient (Wildman–Crippen LogP) is 3.54. The van der Waals surface area contributed by atoms with Gasteiger partial charge >= 0.3 is 0 Å². The number of anilines is 1. The molecule has 4 heteroatoms. The highest BCUT2D eigenvalue weighted by atomic mass is 32.1. The van der Waals surface area contributed by atoms with E-state index in [0.29, 0.717) is 0 Å². The second-order valence-corrected chi connectivity index (χ2v) is 7.66. The van der Waals surface area contributed by atoms with E-state index < -0.39 is 0 Å². The van der Waals surface area contributed by atoms with Gasteiger partial charge in [0.1, 0.15) is 0 Å². The monoisotopic (exact) mass is 281 g/mol. The number of nitrogens with one attached hydrogen (secondary N) is 1. The van der Waals surface area contributed by atoms with Crippen molar-refractivity contribution in [2.24, 2.45) is 0 Å². The van der Waals surface area contributed by atoms with E-state index in [1.807, 2.05) is 11.3 Å². The Morgan fingerprint density at radius 2 is 2.05 bits per heavy atom. The molecule has 1 heterocycles. The summed E-state index contributed by atoms with van der Waals surface area (Å²) in [4.78, 5) is 8.60. The first-order valence-corrected chi connectivity index (χ1v) is 8.18. The van der Waals surface area contributed by atoms with Crippen LogP contribution in [-0.2, 0) is 12.0 Å². The van der Waals surface area contributed by atoms with Gasteiger partial charge in [0, 0.05) is 36.5 Å². The Bertz CT molecular complexity index is 416. The summed E-state index contributed by atoms with van der Waals surface area (Å²) >= 11 is 1.86. The van der Waals surface area contributed by atoms with Crippen molar-refractivity contribution in [2.75, 3.05) is 18.5 Å². The Kier molecular flexibility index (Phi) is 4.51. The first-order chi connectivity index (χ1) is 8.91. The normalized spacial score (nSPS) is 15.8. The van der Waals surface area contributed by atoms with Crippen LogP contribution in [0.1, 0.15) is 57.5 Å². The third-order valence-corrected chi connectivity index (χ3v) is 4.58. The molecular weight excluding hydrogens is 254 g/mol. The molecule has 1 aliphatic carbocycles. The molecule has 0 saturated heterocycles. The van der Waals surface area contributed by atoms with Crippen molar-refractivity contribution in [3.8, 4) is 0 Å². The zero-order chi connectivity index (χ0) is 14.0. The molecule has 0 aromatic carbocycles. The number of hydrogen-bond donors (Lipinski definition) is 1. The van der Waals surface area contributed by atoms with E-state index in [1.54, 1.807) is 0 Å². The second-order valence-electron chi connectivity index (χ2n) is 6.59. The van der Waals surface area contributed by atoms with Gasteiger partial charge < -0.3 is 10.2 Å². The Hall–Kier alpha value is -0.610. The number of rotatable bonds is 6. The average Bonchev–Trinajstić information content (AvgIpc) is 3.03. The summed E-state index contributed by atoms with van der Waals surface area (Å²) in [7, 11) is 2.15. The largest absolute Gasteiger partial charge is 0.351 e. The van der Waals surface area contributed by atoms with Gasteiger partial charge in [-0.3, -0.25) is 0 Å². The van der Waals surface area contributed by atoms with Crippen LogP contribution in [0.5, 0.6) is 0 Å². The molecule has 1 saturated carbocycles. The fraction of sp³-hybridized carbons (Fsp3) is 0.800. The van der Waals surface area contributed by atoms with Crippen molar-refractivity contribution in [2.45, 2.75) is 65.0 Å². The Balaban J connectivity index is 2.17. The van der Waals surface area contributed by atoms with E-state index in [4.69, 9.17) is 4.98 Å². The van der Waals surface area contributed by atoms with Gasteiger partial charge in [-0.15, -0.1) is 11.3 Å². The van der Waals surface area contributed by atoms with E-state index in [-0.39, 0.29) is 5.41 Å². The SMILES string of the molecule is CCCN(C)c1nc(C(C)(C)C)c(CNC2CC2)s1. The molecule has 108 valence electrons. The molecule has 0 unspecified atom stereocenters. The molecule has 1 aromatic rings. The van der Waals surface area contributed by atoms with Crippen molar-refractivity contribution in [3.05, 3.63) is 10.6 Å². The first-order valence-electron chi connectivity index (χ1n) is 7.36. The molecule has 19 heavy (non-hydrogen) atoms. The quantitative estimate of drug-likeness (QED) is 0.864. The lowest BCUT2D eigenvalue weighted by molar-refractivity contribution is 0.558. The van der Waals surface area contributed by atoms with Crippen LogP contribution in [0.15, 0.2) is 0 Å². The molecule has 1 N–H and O–H groups in total. The van der Waals surface area contributed by atoms with Crippen LogP contribution < -0.4 is 10.2 Å². The van der Waals surface area contributed by atoms with Gasteiger partial charge in [0.05, 0.1) is 5.69 Å². The minimum Gasteiger partial charge on any atom is -0.351 e. The zero-order valence-electron chi connectivity index (χ0n) is 12.9. The van der Waals surface area contributed by atoms with Crippen LogP contribution in [0.3, 0.4) is 0 Å². The molecule has 0 aliphatic heterocycles. The minimum atomic E-state index is 0.127. The third kappa shape index (κ3) is 3.93. The smallest absolute Gasteiger partial charge is 0.185 e. The van der Waals surface area contributed by atoms with E-state index in [1.165, 1.54) is 28.5 Å². The summed E-state index contributed by atoms with van der Waals surface area (Å²) in [5.41, 5.74) is 1.39. The fourth-order valence-corrected chi connectivity index (χ4v) is 3.37. The summed E-state index contributed by atoms with van der Waals surface area (Å²) < 4.78 is 0. The van der Waals surface area contributed by atoms with Crippen LogP contribution in [0.4, 0.5) is 5.13 Å². The summed E-state index contributed by atoms with van der Waals surface area (Å²) in [6, 6.07) is 0.756. The highest BCUT2D eigenvalue weighted by Crippen LogP contribution is 2.34. The summed E-state index contributed by atoms with van der Waals surface area (Å²) in [5.74, 6) is 0. The van der Waals surface area contributed by atoms with Crippen molar-refractivity contribution in [1.82, 2.24) is 10.3 Å². The Morgan fingerprint density at radius 3 is 2.58 bits per heavy atom. The first kappa shape index (κ1) is 14.8. The molecule has 2 rings (SSSR count). The standard InChI is InChI=1S/C15H27N3S/c1-6-9-18(5)14-17-13(15(2,3)4)12(19-14)10-16-11-7-8-11/h11,16H,6-10H2,1-5H3. The Labute approximate surface area is 121 Å². The molecule has 1 aliphatic rings. The van der Waals surface area contributed by atoms with E-state index in [2.05, 4.69) is 45.0 Å². The second kappa shape index (κ2) is 5.80. The van der Waals surface area contributed by atoms with Gasteiger partial charge in [-0.05, 0) is 19.3 Å². The number of hydrogen-bond acceptors (Lipinski definition) is 4. The molecule has 0 atom stereocenters. The third-order valence-electron chi connectivity index (χ3n) is 3.41. The lowest BCUT2D eigenvalue weighted by Gasteiger charge is -2.18. The zero-order valence-corrected chi connectivity index (χ0v) is 13.7.